The molecule has 0 N–H and O–H groups in total. The van der Waals surface area contributed by atoms with Gasteiger partial charge in [-0.25, -0.2) is 12.1 Å². The molecule has 0 saturated heterocycles. The molecule has 0 heterocycles. The van der Waals surface area contributed by atoms with Crippen LogP contribution >= 0.6 is 0 Å². The fourth-order valence-electron chi connectivity index (χ4n) is 2.47. The molecule has 130 valence electrons. The molecule has 0 fully saturated rings. The summed E-state index contributed by atoms with van der Waals surface area (Å²) < 4.78 is 1.51. The summed E-state index contributed by atoms with van der Waals surface area (Å²) in [6.45, 7) is 6.37. The summed E-state index contributed by atoms with van der Waals surface area (Å²) >= 11 is 1.55. The van der Waals surface area contributed by atoms with E-state index in [1.807, 2.05) is 30.3 Å². The predicted octanol–water partition coefficient (Wildman–Crippen LogP) is -0.475. The number of hydrogen-bond acceptors (Lipinski definition) is 0. The zero-order valence-corrected chi connectivity index (χ0v) is 18.8. The Morgan fingerprint density at radius 2 is 1.60 bits per heavy atom. The van der Waals surface area contributed by atoms with Crippen LogP contribution in [0.5, 0.6) is 0 Å². The van der Waals surface area contributed by atoms with E-state index in [-0.39, 0.29) is 24.8 Å². The van der Waals surface area contributed by atoms with E-state index in [1.54, 1.807) is 24.2 Å². The van der Waals surface area contributed by atoms with Crippen molar-refractivity contribution in [2.24, 2.45) is 0 Å². The first-order valence-corrected chi connectivity index (χ1v) is 9.08. The van der Waals surface area contributed by atoms with Crippen LogP contribution in [-0.4, -0.2) is 3.21 Å². The number of halogens is 2. The Kier molecular flexibility index (Phi) is 12.0. The van der Waals surface area contributed by atoms with E-state index in [0.717, 1.165) is 6.42 Å². The molecule has 0 aromatic heterocycles. The molecule has 0 saturated carbocycles. The number of aryl methyl sites for hydroxylation is 1. The van der Waals surface area contributed by atoms with E-state index in [2.05, 4.69) is 63.2 Å². The molecule has 3 aromatic carbocycles. The largest absolute Gasteiger partial charge is 1.00 e. The molecule has 0 radical (unpaired) electrons. The summed E-state index contributed by atoms with van der Waals surface area (Å²) in [6.07, 6.45) is 1.05. The molecule has 4 rings (SSSR count). The van der Waals surface area contributed by atoms with E-state index in [1.165, 1.54) is 31.0 Å². The Hall–Kier alpha value is -0.877. The summed E-state index contributed by atoms with van der Waals surface area (Å²) in [6, 6.07) is 26.3. The topological polar surface area (TPSA) is 0 Å². The zero-order valence-electron chi connectivity index (χ0n) is 14.8. The normalized spacial score (nSPS) is 9.64. The van der Waals surface area contributed by atoms with E-state index in [9.17, 15) is 0 Å². The monoisotopic (exact) mass is 446 g/mol. The van der Waals surface area contributed by atoms with Crippen molar-refractivity contribution in [3.05, 3.63) is 89.5 Å². The van der Waals surface area contributed by atoms with Crippen LogP contribution in [0.4, 0.5) is 0 Å². The number of hydrogen-bond donors (Lipinski definition) is 0. The number of rotatable bonds is 0. The number of fused-ring (bicyclic) bond motifs is 3. The minimum atomic E-state index is 0. The van der Waals surface area contributed by atoms with Gasteiger partial charge in [-0.1, -0.05) is 42.3 Å². The summed E-state index contributed by atoms with van der Waals surface area (Å²) in [7, 11) is 0. The first-order chi connectivity index (χ1) is 11.1. The SMILES string of the molecule is C[C](C)=[Zr+2].Cc1c[c-]c2c(c1)-c1ccccc1C2.[Cl-].[Cl-].c1cc[cH-]c1. The van der Waals surface area contributed by atoms with Gasteiger partial charge in [0.05, 0.1) is 0 Å². The van der Waals surface area contributed by atoms with Crippen molar-refractivity contribution in [1.29, 1.82) is 0 Å². The van der Waals surface area contributed by atoms with Gasteiger partial charge in [0.2, 0.25) is 0 Å². The van der Waals surface area contributed by atoms with Gasteiger partial charge < -0.3 is 24.8 Å². The van der Waals surface area contributed by atoms with Crippen molar-refractivity contribution in [2.45, 2.75) is 27.2 Å². The summed E-state index contributed by atoms with van der Waals surface area (Å²) in [4.78, 5) is 0. The summed E-state index contributed by atoms with van der Waals surface area (Å²) in [5, 5.41) is 0. The second kappa shape index (κ2) is 12.5. The van der Waals surface area contributed by atoms with Gasteiger partial charge in [0.1, 0.15) is 0 Å². The molecule has 3 aromatic rings. The third kappa shape index (κ3) is 7.91. The molecule has 0 atom stereocenters. The average Bonchev–Trinajstić information content (AvgIpc) is 3.17. The van der Waals surface area contributed by atoms with Crippen molar-refractivity contribution in [3.8, 4) is 11.1 Å². The molecule has 1 aliphatic rings. The van der Waals surface area contributed by atoms with Crippen molar-refractivity contribution in [1.82, 2.24) is 0 Å². The molecule has 25 heavy (non-hydrogen) atoms. The van der Waals surface area contributed by atoms with Gasteiger partial charge in [-0.2, -0.15) is 47.5 Å². The minimum absolute atomic E-state index is 0. The third-order valence-corrected chi connectivity index (χ3v) is 3.40. The molecule has 3 heteroatoms. The summed E-state index contributed by atoms with van der Waals surface area (Å²) in [5.41, 5.74) is 6.84. The molecule has 0 spiro atoms. The zero-order chi connectivity index (χ0) is 16.7. The van der Waals surface area contributed by atoms with Gasteiger partial charge in [0.15, 0.2) is 0 Å². The Balaban J connectivity index is 0.000000443. The molecule has 1 aliphatic carbocycles. The first-order valence-electron chi connectivity index (χ1n) is 7.86. The standard InChI is InChI=1S/C14H11.C5H5.C3H6.2ClH.Zr/c1-10-6-7-12-9-11-4-2-3-5-13(11)14(12)8-10;1-2-4-5-3-1;1-3-2;;;/h2-6,8H,9H2,1H3;1-5H;1-2H3;2*1H;/q2*-1;;;;+2/p-2. The Bertz CT molecular complexity index is 740. The van der Waals surface area contributed by atoms with Crippen molar-refractivity contribution in [2.75, 3.05) is 0 Å². The van der Waals surface area contributed by atoms with E-state index in [4.69, 9.17) is 0 Å². The van der Waals surface area contributed by atoms with Crippen molar-refractivity contribution >= 4 is 3.21 Å². The van der Waals surface area contributed by atoms with Crippen molar-refractivity contribution in [3.63, 3.8) is 0 Å². The van der Waals surface area contributed by atoms with Gasteiger partial charge >= 0.3 is 41.3 Å². The van der Waals surface area contributed by atoms with Crippen LogP contribution in [0, 0.1) is 13.0 Å². The van der Waals surface area contributed by atoms with Crippen LogP contribution < -0.4 is 24.8 Å². The summed E-state index contributed by atoms with van der Waals surface area (Å²) in [5.74, 6) is 0. The fraction of sp³-hybridized carbons (Fsp3) is 0.182. The van der Waals surface area contributed by atoms with Crippen molar-refractivity contribution < 1.29 is 49.0 Å². The van der Waals surface area contributed by atoms with Crippen LogP contribution in [0.1, 0.15) is 30.5 Å². The van der Waals surface area contributed by atoms with E-state index < -0.39 is 0 Å². The van der Waals surface area contributed by atoms with Crippen LogP contribution in [0.2, 0.25) is 0 Å². The first kappa shape index (κ1) is 24.1. The molecular formula is C22H22Cl2Zr-2. The average molecular weight is 449 g/mol. The maximum atomic E-state index is 3.36. The van der Waals surface area contributed by atoms with Gasteiger partial charge in [-0.05, 0) is 6.42 Å². The van der Waals surface area contributed by atoms with E-state index in [0.29, 0.717) is 0 Å². The molecule has 0 aliphatic heterocycles. The second-order valence-corrected chi connectivity index (χ2v) is 8.32. The van der Waals surface area contributed by atoms with Gasteiger partial charge in [-0.3, -0.25) is 0 Å². The third-order valence-electron chi connectivity index (χ3n) is 3.40. The minimum Gasteiger partial charge on any atom is -1.00 e. The van der Waals surface area contributed by atoms with Gasteiger partial charge in [0.25, 0.3) is 0 Å². The number of benzene rings is 2. The quantitative estimate of drug-likeness (QED) is 0.319. The van der Waals surface area contributed by atoms with Crippen LogP contribution in [-0.2, 0) is 30.7 Å². The molecule has 0 amide bonds. The van der Waals surface area contributed by atoms with Gasteiger partial charge in [0, 0.05) is 0 Å². The maximum absolute atomic E-state index is 3.36. The Morgan fingerprint density at radius 3 is 2.16 bits per heavy atom. The fourth-order valence-corrected chi connectivity index (χ4v) is 2.47. The van der Waals surface area contributed by atoms with Crippen LogP contribution in [0.3, 0.4) is 0 Å². The van der Waals surface area contributed by atoms with Gasteiger partial charge in [-0.15, -0.1) is 5.56 Å². The van der Waals surface area contributed by atoms with Crippen LogP contribution in [0.15, 0.2) is 66.7 Å². The maximum Gasteiger partial charge on any atom is -0.0253 e. The Labute approximate surface area is 179 Å². The molecule has 0 unspecified atom stereocenters. The van der Waals surface area contributed by atoms with E-state index >= 15 is 0 Å². The molecular weight excluding hydrogens is 426 g/mol. The smallest absolute Gasteiger partial charge is 0.0253 e. The van der Waals surface area contributed by atoms with Crippen LogP contribution in [0.25, 0.3) is 11.1 Å². The predicted molar refractivity (Wildman–Crippen MR) is 96.6 cm³/mol. The Morgan fingerprint density at radius 1 is 1.00 bits per heavy atom. The molecule has 0 bridgehead atoms. The molecule has 0 nitrogen and oxygen atoms in total. The second-order valence-electron chi connectivity index (χ2n) is 5.87.